The number of hydrogen-bond donors (Lipinski definition) is 2. The summed E-state index contributed by atoms with van der Waals surface area (Å²) in [5, 5.41) is 22.9. The first-order valence-electron chi connectivity index (χ1n) is 6.24. The van der Waals surface area contributed by atoms with Crippen molar-refractivity contribution in [2.24, 2.45) is 5.92 Å². The molecule has 0 saturated heterocycles. The van der Waals surface area contributed by atoms with Crippen molar-refractivity contribution in [3.63, 3.8) is 0 Å². The average molecular weight is 307 g/mol. The molecule has 0 aliphatic heterocycles. The first-order valence-corrected chi connectivity index (χ1v) is 6.24. The summed E-state index contributed by atoms with van der Waals surface area (Å²) in [4.78, 5) is 13.0. The van der Waals surface area contributed by atoms with Gasteiger partial charge in [-0.1, -0.05) is 13.8 Å². The van der Waals surface area contributed by atoms with Crippen molar-refractivity contribution >= 4 is 11.4 Å². The Labute approximate surface area is 119 Å². The largest absolute Gasteiger partial charge is 0.433 e. The summed E-state index contributed by atoms with van der Waals surface area (Å²) in [5.74, 6) is 0.194. The molecule has 1 rings (SSSR count). The minimum absolute atomic E-state index is 0.0830. The van der Waals surface area contributed by atoms with Crippen LogP contribution in [0.2, 0.25) is 0 Å². The first-order chi connectivity index (χ1) is 9.61. The summed E-state index contributed by atoms with van der Waals surface area (Å²) in [7, 11) is 0. The van der Waals surface area contributed by atoms with E-state index in [1.54, 1.807) is 0 Å². The van der Waals surface area contributed by atoms with E-state index in [9.17, 15) is 28.4 Å². The summed E-state index contributed by atoms with van der Waals surface area (Å²) < 4.78 is 37.7. The van der Waals surface area contributed by atoms with Gasteiger partial charge in [0.2, 0.25) is 0 Å². The predicted octanol–water partition coefficient (Wildman–Crippen LogP) is 2.83. The lowest BCUT2D eigenvalue weighted by atomic mass is 10.1. The lowest BCUT2D eigenvalue weighted by Crippen LogP contribution is -2.22. The molecule has 6 nitrogen and oxygen atoms in total. The topological polar surface area (TPSA) is 88.3 Å². The second kappa shape index (κ2) is 6.70. The zero-order valence-corrected chi connectivity index (χ0v) is 11.5. The molecule has 0 fully saturated rings. The van der Waals surface area contributed by atoms with Crippen LogP contribution in [-0.4, -0.2) is 27.7 Å². The molecule has 0 amide bonds. The molecular formula is C12H16F3N3O3. The number of halogens is 3. The molecule has 1 unspecified atom stereocenters. The normalized spacial score (nSPS) is 13.3. The molecule has 1 aromatic rings. The van der Waals surface area contributed by atoms with Gasteiger partial charge in [-0.25, -0.2) is 4.98 Å². The molecule has 1 aromatic heterocycles. The zero-order valence-electron chi connectivity index (χ0n) is 11.5. The van der Waals surface area contributed by atoms with Gasteiger partial charge in [-0.3, -0.25) is 10.1 Å². The number of rotatable bonds is 6. The smallest absolute Gasteiger partial charge is 0.391 e. The van der Waals surface area contributed by atoms with Gasteiger partial charge in [0.1, 0.15) is 17.6 Å². The number of aromatic nitrogens is 1. The Kier molecular flexibility index (Phi) is 5.47. The summed E-state index contributed by atoms with van der Waals surface area (Å²) in [6.45, 7) is 3.67. The minimum atomic E-state index is -4.69. The van der Waals surface area contributed by atoms with Gasteiger partial charge >= 0.3 is 11.9 Å². The minimum Gasteiger partial charge on any atom is -0.391 e. The molecule has 21 heavy (non-hydrogen) atoms. The van der Waals surface area contributed by atoms with E-state index in [-0.39, 0.29) is 18.2 Å². The first kappa shape index (κ1) is 17.2. The van der Waals surface area contributed by atoms with Crippen molar-refractivity contribution in [2.75, 3.05) is 11.9 Å². The van der Waals surface area contributed by atoms with Gasteiger partial charge < -0.3 is 10.4 Å². The van der Waals surface area contributed by atoms with E-state index in [0.717, 1.165) is 0 Å². The summed E-state index contributed by atoms with van der Waals surface area (Å²) in [6, 6.07) is 0.570. The molecule has 1 atom stereocenters. The maximum absolute atomic E-state index is 12.6. The van der Waals surface area contributed by atoms with Crippen molar-refractivity contribution in [2.45, 2.75) is 32.5 Å². The van der Waals surface area contributed by atoms with Crippen LogP contribution in [0.5, 0.6) is 0 Å². The maximum atomic E-state index is 12.6. The third-order valence-corrected chi connectivity index (χ3v) is 2.64. The summed E-state index contributed by atoms with van der Waals surface area (Å²) in [6.07, 6.45) is -4.52. The number of nitro groups is 1. The van der Waals surface area contributed by atoms with Gasteiger partial charge in [-0.15, -0.1) is 0 Å². The predicted molar refractivity (Wildman–Crippen MR) is 69.8 cm³/mol. The molecule has 0 radical (unpaired) electrons. The quantitative estimate of drug-likeness (QED) is 0.623. The summed E-state index contributed by atoms with van der Waals surface area (Å²) >= 11 is 0. The number of hydrogen-bond acceptors (Lipinski definition) is 5. The van der Waals surface area contributed by atoms with E-state index >= 15 is 0 Å². The Hall–Kier alpha value is -1.90. The number of aliphatic hydroxyl groups is 1. The highest BCUT2D eigenvalue weighted by Gasteiger charge is 2.34. The Bertz CT molecular complexity index is 506. The highest BCUT2D eigenvalue weighted by atomic mass is 19.4. The molecule has 0 aliphatic carbocycles. The van der Waals surface area contributed by atoms with Crippen LogP contribution in [0, 0.1) is 16.0 Å². The molecule has 9 heteroatoms. The van der Waals surface area contributed by atoms with Crippen molar-refractivity contribution in [1.82, 2.24) is 4.98 Å². The van der Waals surface area contributed by atoms with Crippen LogP contribution in [0.25, 0.3) is 0 Å². The molecule has 118 valence electrons. The maximum Gasteiger partial charge on any atom is 0.433 e. The number of alkyl halides is 3. The lowest BCUT2D eigenvalue weighted by molar-refractivity contribution is -0.384. The standard InChI is InChI=1S/C12H16F3N3O3/c1-7(2)3-8(19)5-16-9-4-11(12(13,14)15)17-6-10(9)18(20)21/h4,6-8,19H,3,5H2,1-2H3,(H,16,17). The Morgan fingerprint density at radius 1 is 1.48 bits per heavy atom. The Morgan fingerprint density at radius 2 is 2.10 bits per heavy atom. The second-order valence-electron chi connectivity index (χ2n) is 5.01. The number of nitrogens with zero attached hydrogens (tertiary/aromatic N) is 2. The van der Waals surface area contributed by atoms with Gasteiger partial charge in [-0.2, -0.15) is 13.2 Å². The third kappa shape index (κ3) is 5.18. The number of nitrogens with one attached hydrogen (secondary N) is 1. The Morgan fingerprint density at radius 3 is 2.57 bits per heavy atom. The van der Waals surface area contributed by atoms with Crippen LogP contribution in [0.1, 0.15) is 26.0 Å². The van der Waals surface area contributed by atoms with Crippen LogP contribution < -0.4 is 5.32 Å². The van der Waals surface area contributed by atoms with Gasteiger partial charge in [-0.05, 0) is 18.4 Å². The van der Waals surface area contributed by atoms with Crippen LogP contribution in [0.15, 0.2) is 12.3 Å². The molecule has 0 bridgehead atoms. The van der Waals surface area contributed by atoms with Crippen LogP contribution >= 0.6 is 0 Å². The van der Waals surface area contributed by atoms with Crippen LogP contribution in [0.4, 0.5) is 24.5 Å². The van der Waals surface area contributed by atoms with Gasteiger partial charge in [0.25, 0.3) is 0 Å². The fraction of sp³-hybridized carbons (Fsp3) is 0.583. The van der Waals surface area contributed by atoms with E-state index < -0.39 is 28.6 Å². The van der Waals surface area contributed by atoms with E-state index in [2.05, 4.69) is 10.3 Å². The van der Waals surface area contributed by atoms with E-state index in [4.69, 9.17) is 0 Å². The van der Waals surface area contributed by atoms with Gasteiger partial charge in [0, 0.05) is 6.54 Å². The monoisotopic (exact) mass is 307 g/mol. The molecule has 1 heterocycles. The Balaban J connectivity index is 2.94. The SMILES string of the molecule is CC(C)CC(O)CNc1cc(C(F)(F)F)ncc1[N+](=O)[O-]. The van der Waals surface area contributed by atoms with E-state index in [1.807, 2.05) is 13.8 Å². The molecule has 0 spiro atoms. The van der Waals surface area contributed by atoms with E-state index in [0.29, 0.717) is 18.7 Å². The molecule has 0 aliphatic rings. The van der Waals surface area contributed by atoms with Crippen molar-refractivity contribution in [3.8, 4) is 0 Å². The van der Waals surface area contributed by atoms with Crippen LogP contribution in [-0.2, 0) is 6.18 Å². The van der Waals surface area contributed by atoms with Crippen molar-refractivity contribution < 1.29 is 23.2 Å². The fourth-order valence-electron chi connectivity index (χ4n) is 1.75. The molecule has 0 aromatic carbocycles. The summed E-state index contributed by atoms with van der Waals surface area (Å²) in [5.41, 5.74) is -2.11. The molecule has 0 saturated carbocycles. The average Bonchev–Trinajstić information content (AvgIpc) is 2.33. The molecular weight excluding hydrogens is 291 g/mol. The number of pyridine rings is 1. The highest BCUT2D eigenvalue weighted by Crippen LogP contribution is 2.32. The second-order valence-corrected chi connectivity index (χ2v) is 5.01. The number of anilines is 1. The molecule has 2 N–H and O–H groups in total. The van der Waals surface area contributed by atoms with Gasteiger partial charge in [0.05, 0.1) is 11.0 Å². The third-order valence-electron chi connectivity index (χ3n) is 2.64. The lowest BCUT2D eigenvalue weighted by Gasteiger charge is -2.15. The fourth-order valence-corrected chi connectivity index (χ4v) is 1.75. The van der Waals surface area contributed by atoms with Crippen molar-refractivity contribution in [3.05, 3.63) is 28.1 Å². The highest BCUT2D eigenvalue weighted by molar-refractivity contribution is 5.61. The van der Waals surface area contributed by atoms with Gasteiger partial charge in [0.15, 0.2) is 0 Å². The van der Waals surface area contributed by atoms with E-state index in [1.165, 1.54) is 0 Å². The van der Waals surface area contributed by atoms with Crippen molar-refractivity contribution in [1.29, 1.82) is 0 Å². The number of aliphatic hydroxyl groups excluding tert-OH is 1. The van der Waals surface area contributed by atoms with Crippen LogP contribution in [0.3, 0.4) is 0 Å². The zero-order chi connectivity index (χ0) is 16.2.